The molecule has 0 radical (unpaired) electrons. The first-order chi connectivity index (χ1) is 11.1. The number of anilines is 2. The molecular weight excluding hydrogens is 372 g/mol. The lowest BCUT2D eigenvalue weighted by Gasteiger charge is -2.13. The van der Waals surface area contributed by atoms with E-state index < -0.39 is 17.7 Å². The molecule has 2 aromatic rings. The first kappa shape index (κ1) is 18.2. The monoisotopic (exact) mass is 382 g/mol. The van der Waals surface area contributed by atoms with Gasteiger partial charge in [-0.1, -0.05) is 23.2 Å². The van der Waals surface area contributed by atoms with E-state index in [1.165, 1.54) is 0 Å². The number of esters is 1. The molecule has 130 valence electrons. The number of hydrogen-bond acceptors (Lipinski definition) is 5. The van der Waals surface area contributed by atoms with Crippen LogP contribution in [0.1, 0.15) is 22.8 Å². The minimum atomic E-state index is -4.63. The van der Waals surface area contributed by atoms with Gasteiger partial charge < -0.3 is 16.2 Å². The van der Waals surface area contributed by atoms with Crippen LogP contribution in [0.5, 0.6) is 0 Å². The minimum absolute atomic E-state index is 0.0741. The summed E-state index contributed by atoms with van der Waals surface area (Å²) in [6.07, 6.45) is -4.63. The highest BCUT2D eigenvalue weighted by Crippen LogP contribution is 2.38. The number of nitrogen functional groups attached to an aromatic ring is 2. The molecule has 1 heterocycles. The molecule has 24 heavy (non-hydrogen) atoms. The van der Waals surface area contributed by atoms with Crippen molar-refractivity contribution in [3.63, 3.8) is 0 Å². The van der Waals surface area contributed by atoms with Crippen LogP contribution in [0, 0.1) is 0 Å². The standard InChI is InChI=1S/C13H11Cl2F3N4O2/c1-2-24-12(23)8-10(19)21-22(11(8)20)9-6(14)3-5(4-7(9)15)13(16,17)18/h3-4H,2,20H2,1H3,(H2,19,21). The topological polar surface area (TPSA) is 96.2 Å². The summed E-state index contributed by atoms with van der Waals surface area (Å²) in [4.78, 5) is 11.8. The van der Waals surface area contributed by atoms with Gasteiger partial charge in [-0.2, -0.15) is 13.2 Å². The second-order valence-electron chi connectivity index (χ2n) is 4.56. The van der Waals surface area contributed by atoms with Gasteiger partial charge in [0.15, 0.2) is 5.82 Å². The lowest BCUT2D eigenvalue weighted by Crippen LogP contribution is -2.11. The summed E-state index contributed by atoms with van der Waals surface area (Å²) >= 11 is 11.8. The fourth-order valence-electron chi connectivity index (χ4n) is 1.96. The van der Waals surface area contributed by atoms with Crippen molar-refractivity contribution in [3.05, 3.63) is 33.3 Å². The van der Waals surface area contributed by atoms with Crippen molar-refractivity contribution in [3.8, 4) is 5.69 Å². The number of aromatic nitrogens is 2. The molecule has 1 aromatic heterocycles. The molecule has 0 aliphatic heterocycles. The van der Waals surface area contributed by atoms with Crippen LogP contribution in [0.4, 0.5) is 24.8 Å². The number of hydrogen-bond donors (Lipinski definition) is 2. The Hall–Kier alpha value is -2.13. The molecule has 4 N–H and O–H groups in total. The molecule has 0 saturated heterocycles. The zero-order valence-electron chi connectivity index (χ0n) is 12.1. The van der Waals surface area contributed by atoms with Crippen LogP contribution in [-0.4, -0.2) is 22.4 Å². The molecule has 0 fully saturated rings. The largest absolute Gasteiger partial charge is 0.462 e. The summed E-state index contributed by atoms with van der Waals surface area (Å²) in [5, 5.41) is 3.09. The lowest BCUT2D eigenvalue weighted by molar-refractivity contribution is -0.137. The predicted molar refractivity (Wildman–Crippen MR) is 83.4 cm³/mol. The first-order valence-corrected chi connectivity index (χ1v) is 7.21. The molecule has 0 atom stereocenters. The van der Waals surface area contributed by atoms with E-state index in [2.05, 4.69) is 5.10 Å². The highest BCUT2D eigenvalue weighted by molar-refractivity contribution is 6.38. The number of nitrogens with zero attached hydrogens (tertiary/aromatic N) is 2. The number of rotatable bonds is 3. The number of alkyl halides is 3. The Kier molecular flexibility index (Phi) is 4.86. The van der Waals surface area contributed by atoms with Crippen LogP contribution in [-0.2, 0) is 10.9 Å². The molecule has 0 unspecified atom stereocenters. The first-order valence-electron chi connectivity index (χ1n) is 6.45. The van der Waals surface area contributed by atoms with Crippen molar-refractivity contribution in [2.75, 3.05) is 18.1 Å². The number of carbonyl (C=O) groups is 1. The Labute approximate surface area is 144 Å². The third-order valence-electron chi connectivity index (χ3n) is 2.98. The van der Waals surface area contributed by atoms with Crippen molar-refractivity contribution in [1.29, 1.82) is 0 Å². The summed E-state index contributed by atoms with van der Waals surface area (Å²) in [6.45, 7) is 1.66. The number of nitrogens with two attached hydrogens (primary N) is 2. The number of ether oxygens (including phenoxy) is 1. The van der Waals surface area contributed by atoms with Crippen molar-refractivity contribution >= 4 is 40.8 Å². The molecule has 11 heteroatoms. The Morgan fingerprint density at radius 2 is 1.83 bits per heavy atom. The number of benzene rings is 1. The smallest absolute Gasteiger partial charge is 0.416 e. The Morgan fingerprint density at radius 1 is 1.29 bits per heavy atom. The van der Waals surface area contributed by atoms with Gasteiger partial charge in [0.05, 0.1) is 22.2 Å². The normalized spacial score (nSPS) is 11.6. The highest BCUT2D eigenvalue weighted by Gasteiger charge is 2.33. The van der Waals surface area contributed by atoms with Crippen LogP contribution >= 0.6 is 23.2 Å². The molecule has 0 saturated carbocycles. The van der Waals surface area contributed by atoms with Crippen LogP contribution in [0.25, 0.3) is 5.69 Å². The van der Waals surface area contributed by atoms with Gasteiger partial charge in [0.2, 0.25) is 0 Å². The quantitative estimate of drug-likeness (QED) is 0.791. The number of halogens is 5. The molecule has 0 aliphatic rings. The zero-order valence-corrected chi connectivity index (χ0v) is 13.6. The molecule has 0 aliphatic carbocycles. The molecule has 0 spiro atoms. The fraction of sp³-hybridized carbons (Fsp3) is 0.231. The summed E-state index contributed by atoms with van der Waals surface area (Å²) in [6, 6.07) is 1.34. The van der Waals surface area contributed by atoms with E-state index in [1.807, 2.05) is 0 Å². The molecule has 0 bridgehead atoms. The van der Waals surface area contributed by atoms with Crippen LogP contribution in [0.3, 0.4) is 0 Å². The maximum atomic E-state index is 12.8. The average Bonchev–Trinajstić information content (AvgIpc) is 2.72. The molecule has 2 rings (SSSR count). The maximum Gasteiger partial charge on any atom is 0.416 e. The zero-order chi connectivity index (χ0) is 18.2. The average molecular weight is 383 g/mol. The van der Waals surface area contributed by atoms with E-state index in [0.717, 1.165) is 4.68 Å². The van der Waals surface area contributed by atoms with Crippen molar-refractivity contribution in [2.45, 2.75) is 13.1 Å². The molecule has 6 nitrogen and oxygen atoms in total. The van der Waals surface area contributed by atoms with Crippen LogP contribution in [0.2, 0.25) is 10.0 Å². The van der Waals surface area contributed by atoms with Gasteiger partial charge in [0.1, 0.15) is 17.1 Å². The van der Waals surface area contributed by atoms with E-state index in [0.29, 0.717) is 12.1 Å². The van der Waals surface area contributed by atoms with Gasteiger partial charge in [0, 0.05) is 0 Å². The van der Waals surface area contributed by atoms with E-state index >= 15 is 0 Å². The van der Waals surface area contributed by atoms with Crippen molar-refractivity contribution in [1.82, 2.24) is 9.78 Å². The van der Waals surface area contributed by atoms with Crippen molar-refractivity contribution < 1.29 is 22.7 Å². The predicted octanol–water partition coefficient (Wildman–Crippen LogP) is 3.54. The summed E-state index contributed by atoms with van der Waals surface area (Å²) in [7, 11) is 0. The van der Waals surface area contributed by atoms with Crippen LogP contribution < -0.4 is 11.5 Å². The van der Waals surface area contributed by atoms with E-state index in [9.17, 15) is 18.0 Å². The summed E-state index contributed by atoms with van der Waals surface area (Å²) < 4.78 is 44.0. The molecule has 0 amide bonds. The highest BCUT2D eigenvalue weighted by atomic mass is 35.5. The third-order valence-corrected chi connectivity index (χ3v) is 3.56. The van der Waals surface area contributed by atoms with Gasteiger partial charge in [-0.3, -0.25) is 0 Å². The van der Waals surface area contributed by atoms with Crippen LogP contribution in [0.15, 0.2) is 12.1 Å². The fourth-order valence-corrected chi connectivity index (χ4v) is 2.61. The Balaban J connectivity index is 2.62. The Morgan fingerprint density at radius 3 is 2.29 bits per heavy atom. The van der Waals surface area contributed by atoms with Gasteiger partial charge in [-0.15, -0.1) is 5.10 Å². The van der Waals surface area contributed by atoms with E-state index in [-0.39, 0.29) is 39.5 Å². The Bertz CT molecular complexity index is 782. The third kappa shape index (κ3) is 3.22. The molecular formula is C13H11Cl2F3N4O2. The molecule has 1 aromatic carbocycles. The number of carbonyl (C=O) groups excluding carboxylic acids is 1. The van der Waals surface area contributed by atoms with Gasteiger partial charge in [0.25, 0.3) is 0 Å². The van der Waals surface area contributed by atoms with Gasteiger partial charge in [-0.05, 0) is 19.1 Å². The van der Waals surface area contributed by atoms with Crippen molar-refractivity contribution in [2.24, 2.45) is 0 Å². The van der Waals surface area contributed by atoms with E-state index in [4.69, 9.17) is 39.4 Å². The van der Waals surface area contributed by atoms with Gasteiger partial charge >= 0.3 is 12.1 Å². The summed E-state index contributed by atoms with van der Waals surface area (Å²) in [5.41, 5.74) is 10.1. The summed E-state index contributed by atoms with van der Waals surface area (Å²) in [5.74, 6) is -1.34. The SMILES string of the molecule is CCOC(=O)c1c(N)nn(-c2c(Cl)cc(C(F)(F)F)cc2Cl)c1N. The van der Waals surface area contributed by atoms with E-state index in [1.54, 1.807) is 6.92 Å². The van der Waals surface area contributed by atoms with Gasteiger partial charge in [-0.25, -0.2) is 9.48 Å². The maximum absolute atomic E-state index is 12.8. The minimum Gasteiger partial charge on any atom is -0.462 e. The second-order valence-corrected chi connectivity index (χ2v) is 5.38. The second kappa shape index (κ2) is 6.40. The lowest BCUT2D eigenvalue weighted by atomic mass is 10.2.